The number of hydrogen-bond donors (Lipinski definition) is 1. The molecule has 4 rings (SSSR count). The van der Waals surface area contributed by atoms with E-state index in [2.05, 4.69) is 15.3 Å². The van der Waals surface area contributed by atoms with Crippen LogP contribution in [0.5, 0.6) is 0 Å². The highest BCUT2D eigenvalue weighted by atomic mass is 32.1. The van der Waals surface area contributed by atoms with Gasteiger partial charge in [-0.1, -0.05) is 18.3 Å². The van der Waals surface area contributed by atoms with Gasteiger partial charge in [0.25, 0.3) is 5.91 Å². The van der Waals surface area contributed by atoms with Crippen molar-refractivity contribution in [3.05, 3.63) is 52.4 Å². The number of methoxy groups -OCH3 is 1. The van der Waals surface area contributed by atoms with Crippen LogP contribution in [0, 0.1) is 5.92 Å². The molecule has 8 nitrogen and oxygen atoms in total. The summed E-state index contributed by atoms with van der Waals surface area (Å²) in [7, 11) is 1.62. The summed E-state index contributed by atoms with van der Waals surface area (Å²) < 4.78 is 16.1. The Morgan fingerprint density at radius 1 is 1.38 bits per heavy atom. The first-order chi connectivity index (χ1) is 15.6. The molecule has 1 aliphatic rings. The SMILES string of the molecule is CCC(CCOC)C(=O)c1sc(NC(=O)c2cnc3c(c2)COCC3)nc1-c1ccco1. The Bertz CT molecular complexity index is 1090. The number of pyridine rings is 1. The molecule has 3 aromatic rings. The lowest BCUT2D eigenvalue weighted by Crippen LogP contribution is -2.16. The van der Waals surface area contributed by atoms with E-state index < -0.39 is 0 Å². The number of rotatable bonds is 9. The number of nitrogens with one attached hydrogen (secondary N) is 1. The van der Waals surface area contributed by atoms with Crippen LogP contribution in [-0.2, 0) is 22.5 Å². The van der Waals surface area contributed by atoms with E-state index in [1.54, 1.807) is 31.5 Å². The second-order valence-corrected chi connectivity index (χ2v) is 8.51. The number of carbonyl (C=O) groups excluding carboxylic acids is 2. The summed E-state index contributed by atoms with van der Waals surface area (Å²) in [5.41, 5.74) is 2.73. The quantitative estimate of drug-likeness (QED) is 0.478. The standard InChI is InChI=1S/C23H25N3O5S/c1-3-14(6-9-29-2)20(27)21-19(18-5-4-8-31-18)25-23(32-21)26-22(28)15-11-16-13-30-10-7-17(16)24-12-15/h4-5,8,11-12,14H,3,6-7,9-10,13H2,1-2H3,(H,25,26,28). The molecule has 0 bridgehead atoms. The van der Waals surface area contributed by atoms with Gasteiger partial charge in [0.05, 0.1) is 25.0 Å². The van der Waals surface area contributed by atoms with Crippen LogP contribution in [0.2, 0.25) is 0 Å². The summed E-state index contributed by atoms with van der Waals surface area (Å²) in [6.07, 6.45) is 5.13. The predicted molar refractivity (Wildman–Crippen MR) is 120 cm³/mol. The maximum absolute atomic E-state index is 13.3. The van der Waals surface area contributed by atoms with Crippen molar-refractivity contribution in [2.45, 2.75) is 32.8 Å². The smallest absolute Gasteiger partial charge is 0.259 e. The van der Waals surface area contributed by atoms with Gasteiger partial charge in [-0.15, -0.1) is 0 Å². The number of fused-ring (bicyclic) bond motifs is 1. The van der Waals surface area contributed by atoms with E-state index in [4.69, 9.17) is 13.9 Å². The molecule has 0 spiro atoms. The zero-order valence-corrected chi connectivity index (χ0v) is 18.9. The van der Waals surface area contributed by atoms with Gasteiger partial charge in [0, 0.05) is 43.5 Å². The summed E-state index contributed by atoms with van der Waals surface area (Å²) >= 11 is 1.16. The third-order valence-electron chi connectivity index (χ3n) is 5.42. The summed E-state index contributed by atoms with van der Waals surface area (Å²) in [6.45, 7) is 3.56. The average molecular weight is 456 g/mol. The fraction of sp³-hybridized carbons (Fsp3) is 0.391. The number of aromatic nitrogens is 2. The number of Topliss-reactive ketones (excluding diaryl/α,β-unsaturated/α-hetero) is 1. The Hall–Kier alpha value is -2.88. The highest BCUT2D eigenvalue weighted by Gasteiger charge is 2.27. The van der Waals surface area contributed by atoms with Crippen molar-refractivity contribution < 1.29 is 23.5 Å². The van der Waals surface area contributed by atoms with Gasteiger partial charge in [-0.2, -0.15) is 0 Å². The Morgan fingerprint density at radius 2 is 2.25 bits per heavy atom. The fourth-order valence-electron chi connectivity index (χ4n) is 3.62. The first kappa shape index (κ1) is 22.3. The van der Waals surface area contributed by atoms with E-state index in [0.717, 1.165) is 29.0 Å². The third kappa shape index (κ3) is 4.79. The highest BCUT2D eigenvalue weighted by Crippen LogP contribution is 2.34. The number of thiazole rings is 1. The van der Waals surface area contributed by atoms with Gasteiger partial charge >= 0.3 is 0 Å². The largest absolute Gasteiger partial charge is 0.463 e. The van der Waals surface area contributed by atoms with Crippen molar-refractivity contribution in [1.82, 2.24) is 9.97 Å². The van der Waals surface area contributed by atoms with E-state index >= 15 is 0 Å². The van der Waals surface area contributed by atoms with Crippen molar-refractivity contribution in [3.63, 3.8) is 0 Å². The topological polar surface area (TPSA) is 104 Å². The zero-order valence-electron chi connectivity index (χ0n) is 18.1. The van der Waals surface area contributed by atoms with Gasteiger partial charge in [-0.25, -0.2) is 4.98 Å². The lowest BCUT2D eigenvalue weighted by atomic mass is 9.95. The van der Waals surface area contributed by atoms with E-state index in [-0.39, 0.29) is 17.6 Å². The maximum atomic E-state index is 13.3. The monoisotopic (exact) mass is 455 g/mol. The maximum Gasteiger partial charge on any atom is 0.259 e. The lowest BCUT2D eigenvalue weighted by Gasteiger charge is -2.15. The molecule has 0 radical (unpaired) electrons. The molecule has 1 atom stereocenters. The molecule has 9 heteroatoms. The molecule has 0 aliphatic carbocycles. The van der Waals surface area contributed by atoms with Crippen LogP contribution in [-0.4, -0.2) is 42.0 Å². The van der Waals surface area contributed by atoms with E-state index in [0.29, 0.717) is 59.7 Å². The second kappa shape index (κ2) is 10.2. The summed E-state index contributed by atoms with van der Waals surface area (Å²) in [6, 6.07) is 5.28. The number of nitrogens with zero attached hydrogens (tertiary/aromatic N) is 2. The Balaban J connectivity index is 1.60. The Morgan fingerprint density at radius 3 is 3.00 bits per heavy atom. The lowest BCUT2D eigenvalue weighted by molar-refractivity contribution is 0.0879. The predicted octanol–water partition coefficient (Wildman–Crippen LogP) is 4.37. The number of hydrogen-bond acceptors (Lipinski definition) is 8. The number of ether oxygens (including phenoxy) is 2. The molecule has 3 aromatic heterocycles. The number of ketones is 1. The van der Waals surface area contributed by atoms with E-state index in [1.165, 1.54) is 6.26 Å². The molecule has 0 saturated heterocycles. The van der Waals surface area contributed by atoms with Gasteiger partial charge < -0.3 is 13.9 Å². The normalized spacial score (nSPS) is 14.1. The summed E-state index contributed by atoms with van der Waals surface area (Å²) in [5, 5.41) is 3.15. The molecule has 1 aliphatic heterocycles. The number of anilines is 1. The van der Waals surface area contributed by atoms with E-state index in [9.17, 15) is 9.59 Å². The third-order valence-corrected chi connectivity index (χ3v) is 6.41. The van der Waals surface area contributed by atoms with Gasteiger partial charge in [0.2, 0.25) is 0 Å². The van der Waals surface area contributed by atoms with Crippen LogP contribution in [0.1, 0.15) is 51.1 Å². The van der Waals surface area contributed by atoms with Gasteiger partial charge in [-0.3, -0.25) is 19.9 Å². The molecule has 0 aromatic carbocycles. The van der Waals surface area contributed by atoms with Crippen LogP contribution in [0.4, 0.5) is 5.13 Å². The molecule has 168 valence electrons. The first-order valence-electron chi connectivity index (χ1n) is 10.6. The van der Waals surface area contributed by atoms with Crippen LogP contribution < -0.4 is 5.32 Å². The molecular weight excluding hydrogens is 430 g/mol. The molecular formula is C23H25N3O5S. The van der Waals surface area contributed by atoms with Gasteiger partial charge in [0.1, 0.15) is 10.6 Å². The van der Waals surface area contributed by atoms with Gasteiger partial charge in [-0.05, 0) is 31.0 Å². The molecule has 1 unspecified atom stereocenters. The van der Waals surface area contributed by atoms with Crippen molar-refractivity contribution in [3.8, 4) is 11.5 Å². The first-order valence-corrected chi connectivity index (χ1v) is 11.4. The highest BCUT2D eigenvalue weighted by molar-refractivity contribution is 7.18. The minimum absolute atomic E-state index is 0.0263. The average Bonchev–Trinajstić information content (AvgIpc) is 3.49. The van der Waals surface area contributed by atoms with Gasteiger partial charge in [0.15, 0.2) is 16.7 Å². The van der Waals surface area contributed by atoms with Crippen LogP contribution in [0.15, 0.2) is 35.1 Å². The Labute approximate surface area is 190 Å². The molecule has 0 fully saturated rings. The van der Waals surface area contributed by atoms with Crippen molar-refractivity contribution in [2.24, 2.45) is 5.92 Å². The second-order valence-electron chi connectivity index (χ2n) is 7.51. The van der Waals surface area contributed by atoms with Crippen molar-refractivity contribution in [2.75, 3.05) is 25.6 Å². The Kier molecular flexibility index (Phi) is 7.09. The fourth-order valence-corrected chi connectivity index (χ4v) is 4.60. The van der Waals surface area contributed by atoms with Crippen LogP contribution in [0.3, 0.4) is 0 Å². The molecule has 4 heterocycles. The van der Waals surface area contributed by atoms with Crippen molar-refractivity contribution >= 4 is 28.2 Å². The van der Waals surface area contributed by atoms with Crippen LogP contribution in [0.25, 0.3) is 11.5 Å². The molecule has 32 heavy (non-hydrogen) atoms. The number of furan rings is 1. The summed E-state index contributed by atoms with van der Waals surface area (Å²) in [4.78, 5) is 35.5. The van der Waals surface area contributed by atoms with Crippen molar-refractivity contribution in [1.29, 1.82) is 0 Å². The summed E-state index contributed by atoms with van der Waals surface area (Å²) in [5.74, 6) is -0.0746. The van der Waals surface area contributed by atoms with Crippen LogP contribution >= 0.6 is 11.3 Å². The zero-order chi connectivity index (χ0) is 22.5. The molecule has 0 saturated carbocycles. The minimum Gasteiger partial charge on any atom is -0.463 e. The minimum atomic E-state index is -0.337. The molecule has 1 N–H and O–H groups in total. The number of carbonyl (C=O) groups is 2. The molecule has 1 amide bonds. The number of amides is 1. The van der Waals surface area contributed by atoms with E-state index in [1.807, 2.05) is 6.92 Å².